The third-order valence-corrected chi connectivity index (χ3v) is 4.71. The molecular weight excluding hydrogens is 339 g/mol. The summed E-state index contributed by atoms with van der Waals surface area (Å²) in [6, 6.07) is 0. The molecule has 0 aliphatic carbocycles. The summed E-state index contributed by atoms with van der Waals surface area (Å²) < 4.78 is -3.69. The standard InChI is InChI=1S/C7H9Cl6N3/c1-2-3-16-5(8)15(4-14-16)7(12,13)6(9,10)11/h4-5H,2-3H2,1H3. The fraction of sp³-hybridized carbons (Fsp3) is 0.857. The molecule has 0 amide bonds. The molecule has 0 aromatic rings. The third-order valence-electron chi connectivity index (χ3n) is 1.92. The van der Waals surface area contributed by atoms with Crippen molar-refractivity contribution in [1.82, 2.24) is 9.91 Å². The second kappa shape index (κ2) is 5.33. The summed E-state index contributed by atoms with van der Waals surface area (Å²) in [5, 5.41) is 5.62. The highest BCUT2D eigenvalue weighted by Gasteiger charge is 2.54. The fourth-order valence-electron chi connectivity index (χ4n) is 1.12. The van der Waals surface area contributed by atoms with E-state index in [-0.39, 0.29) is 0 Å². The van der Waals surface area contributed by atoms with Gasteiger partial charge in [-0.25, -0.2) is 0 Å². The molecule has 1 heterocycles. The zero-order valence-corrected chi connectivity index (χ0v) is 12.7. The Kier molecular flexibility index (Phi) is 5.02. The lowest BCUT2D eigenvalue weighted by atomic mass is 10.5. The van der Waals surface area contributed by atoms with Crippen molar-refractivity contribution in [3.8, 4) is 0 Å². The van der Waals surface area contributed by atoms with Crippen molar-refractivity contribution in [3.05, 3.63) is 0 Å². The van der Waals surface area contributed by atoms with E-state index < -0.39 is 13.9 Å². The van der Waals surface area contributed by atoms with Gasteiger partial charge in [0, 0.05) is 6.54 Å². The van der Waals surface area contributed by atoms with Crippen LogP contribution in [0.5, 0.6) is 0 Å². The van der Waals surface area contributed by atoms with Gasteiger partial charge < -0.3 is 0 Å². The van der Waals surface area contributed by atoms with Gasteiger partial charge in [0.15, 0.2) is 5.62 Å². The van der Waals surface area contributed by atoms with Crippen LogP contribution < -0.4 is 0 Å². The molecule has 0 spiro atoms. The van der Waals surface area contributed by atoms with Crippen molar-refractivity contribution in [2.24, 2.45) is 5.10 Å². The van der Waals surface area contributed by atoms with Crippen molar-refractivity contribution in [2.75, 3.05) is 6.54 Å². The molecule has 1 aliphatic heterocycles. The largest absolute Gasteiger partial charge is 0.291 e. The van der Waals surface area contributed by atoms with Gasteiger partial charge in [-0.1, -0.05) is 76.5 Å². The first-order chi connectivity index (χ1) is 7.21. The number of hydrazone groups is 1. The number of hydrogen-bond acceptors (Lipinski definition) is 3. The van der Waals surface area contributed by atoms with E-state index in [1.54, 1.807) is 5.01 Å². The maximum Gasteiger partial charge on any atom is 0.241 e. The van der Waals surface area contributed by atoms with Gasteiger partial charge in [0.1, 0.15) is 6.34 Å². The van der Waals surface area contributed by atoms with Crippen LogP contribution in [0, 0.1) is 0 Å². The molecule has 0 N–H and O–H groups in total. The Morgan fingerprint density at radius 3 is 2.25 bits per heavy atom. The van der Waals surface area contributed by atoms with Gasteiger partial charge in [-0.05, 0) is 6.42 Å². The number of nitrogens with zero attached hydrogens (tertiary/aromatic N) is 3. The lowest BCUT2D eigenvalue weighted by molar-refractivity contribution is 0.180. The SMILES string of the molecule is CCCN1N=CN(C(Cl)(Cl)C(Cl)(Cl)Cl)C1Cl. The normalized spacial score (nSPS) is 22.1. The molecule has 16 heavy (non-hydrogen) atoms. The van der Waals surface area contributed by atoms with Crippen molar-refractivity contribution in [1.29, 1.82) is 0 Å². The quantitative estimate of drug-likeness (QED) is 0.568. The third kappa shape index (κ3) is 2.88. The first kappa shape index (κ1) is 15.1. The summed E-state index contributed by atoms with van der Waals surface area (Å²) in [6.45, 7) is 2.65. The summed E-state index contributed by atoms with van der Waals surface area (Å²) in [5.74, 6) is 0. The lowest BCUT2D eigenvalue weighted by Crippen LogP contribution is -2.52. The Morgan fingerprint density at radius 1 is 1.25 bits per heavy atom. The Hall–Kier alpha value is 1.01. The van der Waals surface area contributed by atoms with Gasteiger partial charge in [0.05, 0.1) is 0 Å². The summed E-state index contributed by atoms with van der Waals surface area (Å²) >= 11 is 35.1. The summed E-state index contributed by atoms with van der Waals surface area (Å²) in [5.41, 5.74) is -0.675. The summed E-state index contributed by atoms with van der Waals surface area (Å²) in [6.07, 6.45) is 2.23. The molecule has 0 aromatic heterocycles. The Bertz CT molecular complexity index is 276. The van der Waals surface area contributed by atoms with Crippen LogP contribution in [0.4, 0.5) is 0 Å². The number of rotatable bonds is 3. The monoisotopic (exact) mass is 345 g/mol. The molecule has 1 aliphatic rings. The minimum atomic E-state index is -1.91. The lowest BCUT2D eigenvalue weighted by Gasteiger charge is -2.38. The minimum absolute atomic E-state index is 0.658. The van der Waals surface area contributed by atoms with E-state index in [0.717, 1.165) is 6.42 Å². The van der Waals surface area contributed by atoms with E-state index in [9.17, 15) is 0 Å². The van der Waals surface area contributed by atoms with Crippen LogP contribution in [0.15, 0.2) is 5.10 Å². The summed E-state index contributed by atoms with van der Waals surface area (Å²) in [4.78, 5) is 1.28. The molecule has 94 valence electrons. The van der Waals surface area contributed by atoms with Crippen LogP contribution in [-0.4, -0.2) is 36.7 Å². The van der Waals surface area contributed by atoms with Gasteiger partial charge in [-0.2, -0.15) is 5.10 Å². The van der Waals surface area contributed by atoms with Gasteiger partial charge in [0.25, 0.3) is 0 Å². The van der Waals surface area contributed by atoms with Gasteiger partial charge >= 0.3 is 0 Å². The van der Waals surface area contributed by atoms with Crippen LogP contribution in [-0.2, 0) is 0 Å². The molecule has 9 heteroatoms. The molecule has 1 rings (SSSR count). The molecule has 1 unspecified atom stereocenters. The molecule has 0 radical (unpaired) electrons. The van der Waals surface area contributed by atoms with E-state index in [2.05, 4.69) is 5.10 Å². The highest BCUT2D eigenvalue weighted by molar-refractivity contribution is 6.75. The van der Waals surface area contributed by atoms with Crippen LogP contribution in [0.1, 0.15) is 13.3 Å². The van der Waals surface area contributed by atoms with Crippen LogP contribution in [0.2, 0.25) is 0 Å². The first-order valence-electron chi connectivity index (χ1n) is 4.39. The van der Waals surface area contributed by atoms with Gasteiger partial charge in [-0.3, -0.25) is 9.91 Å². The molecule has 3 nitrogen and oxygen atoms in total. The molecule has 1 atom stereocenters. The second-order valence-electron chi connectivity index (χ2n) is 3.15. The molecule has 0 saturated carbocycles. The number of hydrogen-bond donors (Lipinski definition) is 0. The van der Waals surface area contributed by atoms with Gasteiger partial charge in [0.2, 0.25) is 8.25 Å². The predicted molar refractivity (Wildman–Crippen MR) is 71.7 cm³/mol. The average molecular weight is 348 g/mol. The van der Waals surface area contributed by atoms with E-state index in [4.69, 9.17) is 69.6 Å². The Labute approximate surface area is 124 Å². The highest BCUT2D eigenvalue weighted by Crippen LogP contribution is 2.49. The van der Waals surface area contributed by atoms with E-state index in [1.807, 2.05) is 6.92 Å². The van der Waals surface area contributed by atoms with Crippen molar-refractivity contribution in [3.63, 3.8) is 0 Å². The smallest absolute Gasteiger partial charge is 0.241 e. The van der Waals surface area contributed by atoms with Crippen molar-refractivity contribution < 1.29 is 0 Å². The molecule has 0 fully saturated rings. The minimum Gasteiger partial charge on any atom is -0.291 e. The molecule has 0 saturated heterocycles. The Balaban J connectivity index is 2.82. The fourth-order valence-corrected chi connectivity index (χ4v) is 2.13. The van der Waals surface area contributed by atoms with Crippen LogP contribution in [0.3, 0.4) is 0 Å². The van der Waals surface area contributed by atoms with E-state index in [0.29, 0.717) is 6.54 Å². The maximum absolute atomic E-state index is 6.10. The van der Waals surface area contributed by atoms with Crippen molar-refractivity contribution in [2.45, 2.75) is 27.2 Å². The molecular formula is C7H9Cl6N3. The first-order valence-corrected chi connectivity index (χ1v) is 6.72. The number of halogens is 6. The maximum atomic E-state index is 6.10. The predicted octanol–water partition coefficient (Wildman–Crippen LogP) is 3.98. The molecule has 0 bridgehead atoms. The average Bonchev–Trinajstić information content (AvgIpc) is 2.47. The zero-order valence-electron chi connectivity index (χ0n) is 8.18. The highest BCUT2D eigenvalue weighted by atomic mass is 35.6. The van der Waals surface area contributed by atoms with Crippen LogP contribution >= 0.6 is 69.6 Å². The van der Waals surface area contributed by atoms with Crippen LogP contribution in [0.25, 0.3) is 0 Å². The van der Waals surface area contributed by atoms with Gasteiger partial charge in [-0.15, -0.1) is 0 Å². The topological polar surface area (TPSA) is 18.8 Å². The number of alkyl halides is 6. The summed E-state index contributed by atoms with van der Waals surface area (Å²) in [7, 11) is 0. The zero-order chi connectivity index (χ0) is 12.6. The second-order valence-corrected chi connectivity index (χ2v) is 7.11. The molecule has 0 aromatic carbocycles. The van der Waals surface area contributed by atoms with E-state index in [1.165, 1.54) is 11.2 Å². The van der Waals surface area contributed by atoms with E-state index >= 15 is 0 Å². The van der Waals surface area contributed by atoms with Crippen molar-refractivity contribution >= 4 is 75.9 Å². The Morgan fingerprint density at radius 2 is 1.81 bits per heavy atom.